The van der Waals surface area contributed by atoms with E-state index in [1.807, 2.05) is 18.5 Å². The van der Waals surface area contributed by atoms with E-state index < -0.39 is 0 Å². The average molecular weight is 215 g/mol. The first-order valence-electron chi connectivity index (χ1n) is 3.68. The van der Waals surface area contributed by atoms with Crippen LogP contribution in [-0.4, -0.2) is 6.10 Å². The molecule has 0 aliphatic heterocycles. The number of H-pyrrole nitrogens is 1. The molecule has 3 heteroatoms. The molecule has 0 spiro atoms. The van der Waals surface area contributed by atoms with Crippen LogP contribution < -0.4 is 9.72 Å². The third kappa shape index (κ3) is 1.93. The van der Waals surface area contributed by atoms with E-state index in [1.54, 1.807) is 0 Å². The molecular weight excluding hydrogens is 206 g/mol. The van der Waals surface area contributed by atoms with Crippen LogP contribution in [0.5, 0.6) is 5.75 Å². The lowest BCUT2D eigenvalue weighted by Gasteiger charge is -1.99. The van der Waals surface area contributed by atoms with Gasteiger partial charge in [0.25, 0.3) is 0 Å². The van der Waals surface area contributed by atoms with E-state index in [-0.39, 0.29) is 0 Å². The first kappa shape index (κ1) is 7.10. The zero-order valence-electron chi connectivity index (χ0n) is 6.01. The average Bonchev–Trinajstić information content (AvgIpc) is 2.71. The molecule has 0 atom stereocenters. The summed E-state index contributed by atoms with van der Waals surface area (Å²) < 4.78 is 6.57. The molecule has 1 aliphatic rings. The quantitative estimate of drug-likeness (QED) is 0.737. The maximum Gasteiger partial charge on any atom is 0.209 e. The van der Waals surface area contributed by atoms with Crippen molar-refractivity contribution in [1.29, 1.82) is 0 Å². The largest absolute Gasteiger partial charge is 0.484 e. The zero-order chi connectivity index (χ0) is 7.68. The minimum Gasteiger partial charge on any atom is -0.484 e. The molecule has 58 valence electrons. The Morgan fingerprint density at radius 1 is 1.45 bits per heavy atom. The molecule has 1 aliphatic carbocycles. The van der Waals surface area contributed by atoms with Crippen LogP contribution in [0.4, 0.5) is 0 Å². The van der Waals surface area contributed by atoms with Crippen molar-refractivity contribution in [3.05, 3.63) is 22.9 Å². The van der Waals surface area contributed by atoms with Gasteiger partial charge in [0, 0.05) is 6.07 Å². The first-order valence-corrected chi connectivity index (χ1v) is 4.47. The normalized spacial score (nSPS) is 16.5. The second-order valence-corrected chi connectivity index (χ2v) is 3.62. The molecule has 2 nitrogen and oxygen atoms in total. The van der Waals surface area contributed by atoms with Gasteiger partial charge in [-0.25, -0.2) is 4.98 Å². The smallest absolute Gasteiger partial charge is 0.209 e. The SMILES string of the molecule is Brc1c[nH+]cc(OC2CC2)c1. The maximum absolute atomic E-state index is 5.54. The zero-order valence-corrected chi connectivity index (χ0v) is 7.60. The summed E-state index contributed by atoms with van der Waals surface area (Å²) in [5.41, 5.74) is 0. The van der Waals surface area contributed by atoms with Crippen LogP contribution in [0.2, 0.25) is 0 Å². The molecule has 1 N–H and O–H groups in total. The van der Waals surface area contributed by atoms with E-state index in [0.717, 1.165) is 10.2 Å². The van der Waals surface area contributed by atoms with Crippen LogP contribution in [0, 0.1) is 0 Å². The summed E-state index contributed by atoms with van der Waals surface area (Å²) in [5.74, 6) is 0.918. The summed E-state index contributed by atoms with van der Waals surface area (Å²) >= 11 is 3.36. The number of aromatic amines is 1. The number of ether oxygens (including phenoxy) is 1. The molecule has 1 heterocycles. The van der Waals surface area contributed by atoms with Gasteiger partial charge >= 0.3 is 0 Å². The summed E-state index contributed by atoms with van der Waals surface area (Å²) in [7, 11) is 0. The Labute approximate surface area is 73.7 Å². The number of hydrogen-bond acceptors (Lipinski definition) is 1. The van der Waals surface area contributed by atoms with Crippen molar-refractivity contribution in [1.82, 2.24) is 0 Å². The Bertz CT molecular complexity index is 260. The van der Waals surface area contributed by atoms with Crippen molar-refractivity contribution in [3.63, 3.8) is 0 Å². The van der Waals surface area contributed by atoms with Gasteiger partial charge in [0.15, 0.2) is 11.9 Å². The van der Waals surface area contributed by atoms with Gasteiger partial charge in [0.1, 0.15) is 0 Å². The molecule has 0 amide bonds. The molecule has 0 saturated heterocycles. The molecule has 2 rings (SSSR count). The van der Waals surface area contributed by atoms with Crippen molar-refractivity contribution >= 4 is 15.9 Å². The van der Waals surface area contributed by atoms with Crippen LogP contribution >= 0.6 is 15.9 Å². The van der Waals surface area contributed by atoms with Gasteiger partial charge in [-0.05, 0) is 28.8 Å². The minimum absolute atomic E-state index is 0.470. The fourth-order valence-electron chi connectivity index (χ4n) is 0.869. The molecule has 1 saturated carbocycles. The predicted molar refractivity (Wildman–Crippen MR) is 44.3 cm³/mol. The van der Waals surface area contributed by atoms with Crippen LogP contribution in [0.1, 0.15) is 12.8 Å². The highest BCUT2D eigenvalue weighted by atomic mass is 79.9. The molecular formula is C8H9BrNO+. The molecule has 0 radical (unpaired) electrons. The highest BCUT2D eigenvalue weighted by molar-refractivity contribution is 9.10. The third-order valence-electron chi connectivity index (χ3n) is 1.55. The predicted octanol–water partition coefficient (Wildman–Crippen LogP) is 1.80. The van der Waals surface area contributed by atoms with E-state index in [1.165, 1.54) is 12.8 Å². The molecule has 0 bridgehead atoms. The van der Waals surface area contributed by atoms with Crippen LogP contribution in [0.25, 0.3) is 0 Å². The summed E-state index contributed by atoms with van der Waals surface area (Å²) in [6, 6.07) is 1.97. The molecule has 1 aromatic rings. The number of halogens is 1. The van der Waals surface area contributed by atoms with E-state index in [0.29, 0.717) is 6.10 Å². The Morgan fingerprint density at radius 2 is 2.27 bits per heavy atom. The van der Waals surface area contributed by atoms with Crippen molar-refractivity contribution in [3.8, 4) is 5.75 Å². The van der Waals surface area contributed by atoms with Gasteiger partial charge in [-0.1, -0.05) is 0 Å². The monoisotopic (exact) mass is 214 g/mol. The Balaban J connectivity index is 2.10. The lowest BCUT2D eigenvalue weighted by molar-refractivity contribution is -0.379. The third-order valence-corrected chi connectivity index (χ3v) is 2.01. The number of hydrogen-bond donors (Lipinski definition) is 0. The number of pyridine rings is 1. The molecule has 0 aromatic carbocycles. The maximum atomic E-state index is 5.54. The van der Waals surface area contributed by atoms with Gasteiger partial charge in [-0.2, -0.15) is 0 Å². The first-order chi connectivity index (χ1) is 5.34. The van der Waals surface area contributed by atoms with Crippen LogP contribution in [-0.2, 0) is 0 Å². The Morgan fingerprint density at radius 3 is 2.91 bits per heavy atom. The van der Waals surface area contributed by atoms with Gasteiger partial charge < -0.3 is 4.74 Å². The number of rotatable bonds is 2. The van der Waals surface area contributed by atoms with Gasteiger partial charge in [0.05, 0.1) is 10.6 Å². The molecule has 1 fully saturated rings. The fraction of sp³-hybridized carbons (Fsp3) is 0.375. The summed E-state index contributed by atoms with van der Waals surface area (Å²) in [4.78, 5) is 2.99. The lowest BCUT2D eigenvalue weighted by Crippen LogP contribution is -2.03. The van der Waals surface area contributed by atoms with Gasteiger partial charge in [-0.15, -0.1) is 0 Å². The Hall–Kier alpha value is -0.570. The second kappa shape index (κ2) is 2.81. The fourth-order valence-corrected chi connectivity index (χ4v) is 1.23. The standard InChI is InChI=1S/C8H8BrNO/c9-6-3-8(5-10-4-6)11-7-1-2-7/h3-5,7H,1-2H2/p+1. The van der Waals surface area contributed by atoms with Gasteiger partial charge in [0.2, 0.25) is 6.20 Å². The van der Waals surface area contributed by atoms with Crippen molar-refractivity contribution in [2.24, 2.45) is 0 Å². The molecule has 1 aromatic heterocycles. The number of nitrogens with one attached hydrogen (secondary N) is 1. The van der Waals surface area contributed by atoms with E-state index in [4.69, 9.17) is 4.74 Å². The highest BCUT2D eigenvalue weighted by Gasteiger charge is 2.24. The molecule has 11 heavy (non-hydrogen) atoms. The topological polar surface area (TPSA) is 23.4 Å². The van der Waals surface area contributed by atoms with Crippen molar-refractivity contribution < 1.29 is 9.72 Å². The Kier molecular flexibility index (Phi) is 1.82. The number of aromatic nitrogens is 1. The lowest BCUT2D eigenvalue weighted by atomic mass is 10.5. The highest BCUT2D eigenvalue weighted by Crippen LogP contribution is 2.26. The minimum atomic E-state index is 0.470. The van der Waals surface area contributed by atoms with Gasteiger partial charge in [-0.3, -0.25) is 0 Å². The molecule has 0 unspecified atom stereocenters. The van der Waals surface area contributed by atoms with E-state index in [2.05, 4.69) is 20.9 Å². The van der Waals surface area contributed by atoms with E-state index in [9.17, 15) is 0 Å². The van der Waals surface area contributed by atoms with E-state index >= 15 is 0 Å². The summed E-state index contributed by atoms with van der Waals surface area (Å²) in [6.45, 7) is 0. The summed E-state index contributed by atoms with van der Waals surface area (Å²) in [6.07, 6.45) is 6.61. The van der Waals surface area contributed by atoms with Crippen LogP contribution in [0.3, 0.4) is 0 Å². The summed E-state index contributed by atoms with van der Waals surface area (Å²) in [5, 5.41) is 0. The van der Waals surface area contributed by atoms with Crippen LogP contribution in [0.15, 0.2) is 22.9 Å². The second-order valence-electron chi connectivity index (χ2n) is 2.70. The van der Waals surface area contributed by atoms with Crippen molar-refractivity contribution in [2.45, 2.75) is 18.9 Å². The van der Waals surface area contributed by atoms with Crippen molar-refractivity contribution in [2.75, 3.05) is 0 Å².